The molecule has 1 heterocycles. The van der Waals surface area contributed by atoms with E-state index in [1.165, 1.54) is 34.8 Å². The van der Waals surface area contributed by atoms with Crippen molar-refractivity contribution in [1.82, 2.24) is 4.98 Å². The van der Waals surface area contributed by atoms with E-state index in [0.29, 0.717) is 22.2 Å². The Bertz CT molecular complexity index is 1140. The molecule has 0 aliphatic rings. The lowest BCUT2D eigenvalue weighted by molar-refractivity contribution is -0.116. The molecule has 32 heavy (non-hydrogen) atoms. The maximum absolute atomic E-state index is 12.6. The van der Waals surface area contributed by atoms with Gasteiger partial charge in [-0.3, -0.25) is 14.5 Å². The van der Waals surface area contributed by atoms with Crippen molar-refractivity contribution in [3.63, 3.8) is 0 Å². The monoisotopic (exact) mass is 444 g/mol. The first-order chi connectivity index (χ1) is 15.5. The van der Waals surface area contributed by atoms with Gasteiger partial charge in [-0.2, -0.15) is 5.26 Å². The van der Waals surface area contributed by atoms with Crippen LogP contribution in [0, 0.1) is 11.3 Å². The quantitative estimate of drug-likeness (QED) is 0.356. The zero-order valence-electron chi connectivity index (χ0n) is 18.0. The first-order valence-electron chi connectivity index (χ1n) is 10.3. The fourth-order valence-electron chi connectivity index (χ4n) is 3.08. The van der Waals surface area contributed by atoms with E-state index < -0.39 is 5.91 Å². The predicted molar refractivity (Wildman–Crippen MR) is 129 cm³/mol. The number of nitriles is 1. The summed E-state index contributed by atoms with van der Waals surface area (Å²) < 4.78 is 0. The van der Waals surface area contributed by atoms with Crippen LogP contribution in [0.25, 0.3) is 6.08 Å². The number of carbonyl (C=O) groups is 2. The Morgan fingerprint density at radius 3 is 2.50 bits per heavy atom. The van der Waals surface area contributed by atoms with Crippen molar-refractivity contribution in [3.8, 4) is 6.07 Å². The molecule has 1 N–H and O–H groups in total. The van der Waals surface area contributed by atoms with E-state index in [0.717, 1.165) is 19.3 Å². The molecule has 0 aliphatic carbocycles. The largest absolute Gasteiger partial charge is 0.321 e. The number of carbonyl (C=O) groups excluding carboxylic acids is 2. The molecule has 0 saturated carbocycles. The second-order valence-corrected chi connectivity index (χ2v) is 8.01. The number of para-hydroxylation sites is 1. The van der Waals surface area contributed by atoms with Gasteiger partial charge in [-0.15, -0.1) is 11.3 Å². The molecule has 0 atom stereocenters. The van der Waals surface area contributed by atoms with E-state index in [2.05, 4.69) is 17.2 Å². The van der Waals surface area contributed by atoms with Gasteiger partial charge in [-0.1, -0.05) is 43.7 Å². The van der Waals surface area contributed by atoms with Crippen molar-refractivity contribution in [1.29, 1.82) is 5.26 Å². The van der Waals surface area contributed by atoms with Crippen LogP contribution < -0.4 is 10.2 Å². The molecule has 7 heteroatoms. The van der Waals surface area contributed by atoms with Gasteiger partial charge in [0.05, 0.1) is 11.4 Å². The highest BCUT2D eigenvalue weighted by atomic mass is 32.1. The summed E-state index contributed by atoms with van der Waals surface area (Å²) >= 11 is 1.27. The second-order valence-electron chi connectivity index (χ2n) is 7.17. The van der Waals surface area contributed by atoms with Crippen molar-refractivity contribution < 1.29 is 9.59 Å². The van der Waals surface area contributed by atoms with Crippen LogP contribution in [-0.4, -0.2) is 16.8 Å². The highest BCUT2D eigenvalue weighted by molar-refractivity contribution is 7.14. The number of amides is 2. The average molecular weight is 445 g/mol. The van der Waals surface area contributed by atoms with Gasteiger partial charge in [-0.05, 0) is 48.7 Å². The third-order valence-electron chi connectivity index (χ3n) is 4.72. The third kappa shape index (κ3) is 5.90. The molecule has 0 fully saturated rings. The molecular weight excluding hydrogens is 420 g/mol. The number of rotatable bonds is 8. The van der Waals surface area contributed by atoms with Gasteiger partial charge >= 0.3 is 0 Å². The molecule has 0 spiro atoms. The summed E-state index contributed by atoms with van der Waals surface area (Å²) in [7, 11) is 0. The topological polar surface area (TPSA) is 86.1 Å². The van der Waals surface area contributed by atoms with Crippen molar-refractivity contribution in [3.05, 3.63) is 76.8 Å². The van der Waals surface area contributed by atoms with E-state index >= 15 is 0 Å². The van der Waals surface area contributed by atoms with E-state index in [9.17, 15) is 14.9 Å². The molecule has 0 bridgehead atoms. The number of nitrogens with one attached hydrogen (secondary N) is 1. The van der Waals surface area contributed by atoms with Crippen LogP contribution in [0.2, 0.25) is 0 Å². The van der Waals surface area contributed by atoms with Crippen LogP contribution in [0.1, 0.15) is 37.9 Å². The summed E-state index contributed by atoms with van der Waals surface area (Å²) in [5.74, 6) is -0.684. The van der Waals surface area contributed by atoms with Crippen molar-refractivity contribution >= 4 is 45.7 Å². The Balaban J connectivity index is 1.75. The van der Waals surface area contributed by atoms with Crippen LogP contribution in [0.5, 0.6) is 0 Å². The number of hydrogen-bond acceptors (Lipinski definition) is 5. The summed E-state index contributed by atoms with van der Waals surface area (Å²) in [6.07, 6.45) is 4.67. The van der Waals surface area contributed by atoms with Crippen LogP contribution in [0.3, 0.4) is 0 Å². The number of benzene rings is 2. The number of nitrogens with zero attached hydrogens (tertiary/aromatic N) is 3. The lowest BCUT2D eigenvalue weighted by Crippen LogP contribution is -2.22. The average Bonchev–Trinajstić information content (AvgIpc) is 3.25. The van der Waals surface area contributed by atoms with Gasteiger partial charge < -0.3 is 5.32 Å². The van der Waals surface area contributed by atoms with E-state index in [1.807, 2.05) is 60.7 Å². The fraction of sp³-hybridized carbons (Fsp3) is 0.200. The Morgan fingerprint density at radius 2 is 1.88 bits per heavy atom. The standard InChI is InChI=1S/C25H24N4O2S/c1-3-4-8-19-11-13-21(14-12-19)27-24(31)20(16-26)15-22-17-32-25(28-22)29(18(2)30)23-9-6-5-7-10-23/h5-7,9-15,17H,3-4,8H2,1-2H3,(H,27,31)/b20-15+. The highest BCUT2D eigenvalue weighted by Gasteiger charge is 2.18. The molecule has 6 nitrogen and oxygen atoms in total. The van der Waals surface area contributed by atoms with Crippen LogP contribution in [0.4, 0.5) is 16.5 Å². The normalized spacial score (nSPS) is 11.0. The molecular formula is C25H24N4O2S. The number of aromatic nitrogens is 1. The SMILES string of the molecule is CCCCc1ccc(NC(=O)/C(C#N)=C/c2csc(N(C(C)=O)c3ccccc3)n2)cc1. The van der Waals surface area contributed by atoms with Crippen molar-refractivity contribution in [2.24, 2.45) is 0 Å². The summed E-state index contributed by atoms with van der Waals surface area (Å²) in [5.41, 5.74) is 2.91. The molecule has 0 radical (unpaired) electrons. The van der Waals surface area contributed by atoms with E-state index in [-0.39, 0.29) is 11.5 Å². The number of hydrogen-bond donors (Lipinski definition) is 1. The lowest BCUT2D eigenvalue weighted by atomic mass is 10.1. The maximum Gasteiger partial charge on any atom is 0.266 e. The smallest absolute Gasteiger partial charge is 0.266 e. The minimum absolute atomic E-state index is 0.0639. The molecule has 2 amide bonds. The van der Waals surface area contributed by atoms with Crippen molar-refractivity contribution in [2.75, 3.05) is 10.2 Å². The van der Waals surface area contributed by atoms with Gasteiger partial charge in [0.25, 0.3) is 5.91 Å². The van der Waals surface area contributed by atoms with Crippen LogP contribution >= 0.6 is 11.3 Å². The predicted octanol–water partition coefficient (Wildman–Crippen LogP) is 5.72. The third-order valence-corrected chi connectivity index (χ3v) is 5.56. The Labute approximate surface area is 191 Å². The molecule has 3 aromatic rings. The molecule has 1 aromatic heterocycles. The van der Waals surface area contributed by atoms with Crippen molar-refractivity contribution in [2.45, 2.75) is 33.1 Å². The minimum Gasteiger partial charge on any atom is -0.321 e. The lowest BCUT2D eigenvalue weighted by Gasteiger charge is -2.17. The molecule has 3 rings (SSSR count). The molecule has 162 valence electrons. The molecule has 0 aliphatic heterocycles. The first kappa shape index (κ1) is 22.9. The van der Waals surface area contributed by atoms with Gasteiger partial charge in [0.2, 0.25) is 5.91 Å². The zero-order valence-corrected chi connectivity index (χ0v) is 18.9. The summed E-state index contributed by atoms with van der Waals surface area (Å²) in [6, 6.07) is 18.8. The van der Waals surface area contributed by atoms with Crippen LogP contribution in [-0.2, 0) is 16.0 Å². The molecule has 0 saturated heterocycles. The Morgan fingerprint density at radius 1 is 1.16 bits per heavy atom. The van der Waals surface area contributed by atoms with Gasteiger partial charge in [-0.25, -0.2) is 4.98 Å². The van der Waals surface area contributed by atoms with Crippen LogP contribution in [0.15, 0.2) is 65.6 Å². The summed E-state index contributed by atoms with van der Waals surface area (Å²) in [4.78, 5) is 30.7. The van der Waals surface area contributed by atoms with E-state index in [1.54, 1.807) is 5.38 Å². The highest BCUT2D eigenvalue weighted by Crippen LogP contribution is 2.29. The number of unbranched alkanes of at least 4 members (excludes halogenated alkanes) is 1. The fourth-order valence-corrected chi connectivity index (χ4v) is 3.92. The Kier molecular flexibility index (Phi) is 7.90. The Hall–Kier alpha value is -3.76. The van der Waals surface area contributed by atoms with Gasteiger partial charge in [0, 0.05) is 18.0 Å². The number of thiazole rings is 1. The van der Waals surface area contributed by atoms with E-state index in [4.69, 9.17) is 0 Å². The summed E-state index contributed by atoms with van der Waals surface area (Å²) in [6.45, 7) is 3.61. The minimum atomic E-state index is -0.505. The maximum atomic E-state index is 12.6. The molecule has 0 unspecified atom stereocenters. The molecule has 2 aromatic carbocycles. The number of anilines is 3. The zero-order chi connectivity index (χ0) is 22.9. The van der Waals surface area contributed by atoms with Gasteiger partial charge in [0.15, 0.2) is 5.13 Å². The van der Waals surface area contributed by atoms with Gasteiger partial charge in [0.1, 0.15) is 11.6 Å². The number of aryl methyl sites for hydroxylation is 1. The first-order valence-corrected chi connectivity index (χ1v) is 11.2. The summed E-state index contributed by atoms with van der Waals surface area (Å²) in [5, 5.41) is 14.4. The second kappa shape index (κ2) is 11.0.